The molecule has 3 aromatic rings. The molecule has 5 rings (SSSR count). The van der Waals surface area contributed by atoms with Gasteiger partial charge in [-0.05, 0) is 36.4 Å². The van der Waals surface area contributed by atoms with Gasteiger partial charge >= 0.3 is 0 Å². The topological polar surface area (TPSA) is 83.8 Å². The molecule has 1 unspecified atom stereocenters. The van der Waals surface area contributed by atoms with Gasteiger partial charge in [-0.15, -0.1) is 0 Å². The van der Waals surface area contributed by atoms with Gasteiger partial charge in [0.1, 0.15) is 23.7 Å². The van der Waals surface area contributed by atoms with Crippen LogP contribution in [0, 0.1) is 5.92 Å². The lowest BCUT2D eigenvalue weighted by atomic mass is 10.1. The zero-order chi connectivity index (χ0) is 22.8. The maximum atomic E-state index is 13.2. The predicted molar refractivity (Wildman–Crippen MR) is 124 cm³/mol. The van der Waals surface area contributed by atoms with Crippen molar-refractivity contribution < 1.29 is 14.3 Å². The normalized spacial score (nSPS) is 18.6. The number of piperazine rings is 1. The summed E-state index contributed by atoms with van der Waals surface area (Å²) < 4.78 is 7.13. The van der Waals surface area contributed by atoms with Crippen LogP contribution in [0.15, 0.2) is 61.2 Å². The standard InChI is InChI=1S/C24H26N6O3/c1-33-20-6-4-19(5-7-20)30-16-18(14-23(30)31)24(32)29-12-10-28(11-13-29)22-15-21(25-17-26-22)27-8-2-3-9-27/h2-9,15,17-18H,10-14,16H2,1H3. The third-order valence-electron chi connectivity index (χ3n) is 6.28. The van der Waals surface area contributed by atoms with Gasteiger partial charge in [0, 0.05) is 63.3 Å². The minimum absolute atomic E-state index is 0.0179. The number of ether oxygens (including phenoxy) is 1. The molecule has 2 amide bonds. The van der Waals surface area contributed by atoms with Crippen LogP contribution in [0.1, 0.15) is 6.42 Å². The molecule has 0 saturated carbocycles. The second-order valence-corrected chi connectivity index (χ2v) is 8.24. The monoisotopic (exact) mass is 446 g/mol. The van der Waals surface area contributed by atoms with E-state index < -0.39 is 0 Å². The minimum Gasteiger partial charge on any atom is -0.497 e. The van der Waals surface area contributed by atoms with Crippen molar-refractivity contribution in [3.8, 4) is 11.6 Å². The molecule has 0 radical (unpaired) electrons. The number of hydrogen-bond donors (Lipinski definition) is 0. The summed E-state index contributed by atoms with van der Waals surface area (Å²) in [7, 11) is 1.61. The summed E-state index contributed by atoms with van der Waals surface area (Å²) in [4.78, 5) is 40.3. The van der Waals surface area contributed by atoms with Crippen molar-refractivity contribution in [2.75, 3.05) is 49.6 Å². The van der Waals surface area contributed by atoms with Gasteiger partial charge in [0.2, 0.25) is 11.8 Å². The highest BCUT2D eigenvalue weighted by Gasteiger charge is 2.38. The number of nitrogens with zero attached hydrogens (tertiary/aromatic N) is 6. The number of carbonyl (C=O) groups excluding carboxylic acids is 2. The molecule has 4 heterocycles. The second-order valence-electron chi connectivity index (χ2n) is 8.24. The van der Waals surface area contributed by atoms with Gasteiger partial charge in [0.15, 0.2) is 0 Å². The van der Waals surface area contributed by atoms with Crippen LogP contribution in [0.2, 0.25) is 0 Å². The van der Waals surface area contributed by atoms with Gasteiger partial charge < -0.3 is 24.0 Å². The fourth-order valence-corrected chi connectivity index (χ4v) is 4.44. The summed E-state index contributed by atoms with van der Waals surface area (Å²) >= 11 is 0. The van der Waals surface area contributed by atoms with E-state index in [1.54, 1.807) is 18.3 Å². The molecule has 1 aromatic carbocycles. The van der Waals surface area contributed by atoms with E-state index in [1.165, 1.54) is 0 Å². The Bertz CT molecular complexity index is 1120. The number of carbonyl (C=O) groups is 2. The average molecular weight is 447 g/mol. The second kappa shape index (κ2) is 8.93. The fraction of sp³-hybridized carbons (Fsp3) is 0.333. The number of hydrogen-bond acceptors (Lipinski definition) is 6. The van der Waals surface area contributed by atoms with Gasteiger partial charge in [-0.3, -0.25) is 9.59 Å². The molecule has 170 valence electrons. The predicted octanol–water partition coefficient (Wildman–Crippen LogP) is 1.98. The van der Waals surface area contributed by atoms with Gasteiger partial charge in [-0.25, -0.2) is 9.97 Å². The van der Waals surface area contributed by atoms with Crippen molar-refractivity contribution in [1.82, 2.24) is 19.4 Å². The molecular weight excluding hydrogens is 420 g/mol. The molecule has 0 N–H and O–H groups in total. The Morgan fingerprint density at radius 1 is 1.00 bits per heavy atom. The first kappa shape index (κ1) is 21.0. The maximum Gasteiger partial charge on any atom is 0.228 e. The molecule has 0 aliphatic carbocycles. The molecule has 2 fully saturated rings. The molecule has 0 bridgehead atoms. The minimum atomic E-state index is -0.314. The maximum absolute atomic E-state index is 13.2. The van der Waals surface area contributed by atoms with Gasteiger partial charge in [0.05, 0.1) is 13.0 Å². The Hall–Kier alpha value is -3.88. The highest BCUT2D eigenvalue weighted by atomic mass is 16.5. The largest absolute Gasteiger partial charge is 0.497 e. The van der Waals surface area contributed by atoms with Crippen molar-refractivity contribution >= 4 is 23.3 Å². The van der Waals surface area contributed by atoms with Crippen molar-refractivity contribution in [3.05, 3.63) is 61.2 Å². The van der Waals surface area contributed by atoms with E-state index in [-0.39, 0.29) is 24.2 Å². The molecule has 9 heteroatoms. The first-order valence-electron chi connectivity index (χ1n) is 11.1. The SMILES string of the molecule is COc1ccc(N2CC(C(=O)N3CCN(c4cc(-n5cccc5)ncn4)CC3)CC2=O)cc1. The molecule has 0 spiro atoms. The summed E-state index contributed by atoms with van der Waals surface area (Å²) in [6.07, 6.45) is 5.71. The van der Waals surface area contributed by atoms with Crippen LogP contribution in [0.5, 0.6) is 5.75 Å². The summed E-state index contributed by atoms with van der Waals surface area (Å²) in [6, 6.07) is 13.2. The molecule has 2 aliphatic heterocycles. The first-order chi connectivity index (χ1) is 16.1. The molecule has 9 nitrogen and oxygen atoms in total. The quantitative estimate of drug-likeness (QED) is 0.596. The lowest BCUT2D eigenvalue weighted by molar-refractivity contribution is -0.136. The zero-order valence-corrected chi connectivity index (χ0v) is 18.5. The van der Waals surface area contributed by atoms with Crippen LogP contribution in [0.3, 0.4) is 0 Å². The van der Waals surface area contributed by atoms with E-state index in [2.05, 4.69) is 14.9 Å². The van der Waals surface area contributed by atoms with E-state index in [0.29, 0.717) is 32.7 Å². The molecule has 2 aliphatic rings. The molecule has 1 atom stereocenters. The van der Waals surface area contributed by atoms with Crippen molar-refractivity contribution in [2.24, 2.45) is 5.92 Å². The fourth-order valence-electron chi connectivity index (χ4n) is 4.44. The number of methoxy groups -OCH3 is 1. The van der Waals surface area contributed by atoms with Crippen LogP contribution < -0.4 is 14.5 Å². The summed E-state index contributed by atoms with van der Waals surface area (Å²) in [5.41, 5.74) is 0.795. The van der Waals surface area contributed by atoms with Crippen molar-refractivity contribution in [3.63, 3.8) is 0 Å². The first-order valence-corrected chi connectivity index (χ1v) is 11.1. The summed E-state index contributed by atoms with van der Waals surface area (Å²) in [5.74, 6) is 2.12. The Morgan fingerprint density at radius 3 is 2.39 bits per heavy atom. The number of aromatic nitrogens is 3. The van der Waals surface area contributed by atoms with Crippen LogP contribution >= 0.6 is 0 Å². The highest BCUT2D eigenvalue weighted by molar-refractivity contribution is 6.00. The lowest BCUT2D eigenvalue weighted by Crippen LogP contribution is -2.51. The van der Waals surface area contributed by atoms with Crippen molar-refractivity contribution in [2.45, 2.75) is 6.42 Å². The Morgan fingerprint density at radius 2 is 1.70 bits per heavy atom. The van der Waals surface area contributed by atoms with Gasteiger partial charge in [0.25, 0.3) is 0 Å². The number of benzene rings is 1. The highest BCUT2D eigenvalue weighted by Crippen LogP contribution is 2.28. The van der Waals surface area contributed by atoms with E-state index >= 15 is 0 Å². The Kier molecular flexibility index (Phi) is 5.68. The van der Waals surface area contributed by atoms with Crippen molar-refractivity contribution in [1.29, 1.82) is 0 Å². The third-order valence-corrected chi connectivity index (χ3v) is 6.28. The van der Waals surface area contributed by atoms with E-state index in [4.69, 9.17) is 4.74 Å². The van der Waals surface area contributed by atoms with Crippen LogP contribution in [-0.2, 0) is 9.59 Å². The van der Waals surface area contributed by atoms with E-state index in [9.17, 15) is 9.59 Å². The summed E-state index contributed by atoms with van der Waals surface area (Å²) in [6.45, 7) is 3.01. The van der Waals surface area contributed by atoms with E-state index in [0.717, 1.165) is 23.1 Å². The molecule has 2 aromatic heterocycles. The molecule has 2 saturated heterocycles. The number of anilines is 2. The number of amides is 2. The lowest BCUT2D eigenvalue weighted by Gasteiger charge is -2.36. The Labute approximate surface area is 192 Å². The number of rotatable bonds is 5. The molecule has 33 heavy (non-hydrogen) atoms. The van der Waals surface area contributed by atoms with Crippen LogP contribution in [0.25, 0.3) is 5.82 Å². The van der Waals surface area contributed by atoms with Crippen LogP contribution in [-0.4, -0.2) is 71.1 Å². The molecular formula is C24H26N6O3. The smallest absolute Gasteiger partial charge is 0.228 e. The zero-order valence-electron chi connectivity index (χ0n) is 18.5. The van der Waals surface area contributed by atoms with Crippen LogP contribution in [0.4, 0.5) is 11.5 Å². The van der Waals surface area contributed by atoms with Gasteiger partial charge in [-0.1, -0.05) is 0 Å². The third kappa shape index (κ3) is 4.26. The summed E-state index contributed by atoms with van der Waals surface area (Å²) in [5, 5.41) is 0. The van der Waals surface area contributed by atoms with E-state index in [1.807, 2.05) is 64.3 Å². The van der Waals surface area contributed by atoms with Gasteiger partial charge in [-0.2, -0.15) is 0 Å². The Balaban J connectivity index is 1.20. The average Bonchev–Trinajstić information content (AvgIpc) is 3.54.